The first-order valence-corrected chi connectivity index (χ1v) is 6.96. The molecule has 0 aliphatic rings. The highest BCUT2D eigenvalue weighted by atomic mass is 32.1. The molecule has 0 saturated carbocycles. The van der Waals surface area contributed by atoms with Crippen molar-refractivity contribution in [3.63, 3.8) is 0 Å². The molecule has 0 fully saturated rings. The van der Waals surface area contributed by atoms with Crippen LogP contribution in [0, 0.1) is 0 Å². The number of nitrogens with one attached hydrogen (secondary N) is 1. The van der Waals surface area contributed by atoms with Gasteiger partial charge in [0.05, 0.1) is 16.4 Å². The van der Waals surface area contributed by atoms with E-state index in [1.165, 1.54) is 0 Å². The molecule has 6 heteroatoms. The van der Waals surface area contributed by atoms with E-state index in [9.17, 15) is 0 Å². The molecule has 0 radical (unpaired) electrons. The summed E-state index contributed by atoms with van der Waals surface area (Å²) in [6, 6.07) is 0.277. The van der Waals surface area contributed by atoms with Gasteiger partial charge in [-0.2, -0.15) is 0 Å². The molecule has 2 aromatic heterocycles. The third kappa shape index (κ3) is 2.63. The van der Waals surface area contributed by atoms with Gasteiger partial charge in [-0.05, 0) is 19.9 Å². The summed E-state index contributed by atoms with van der Waals surface area (Å²) in [4.78, 5) is 5.13. The number of aromatic nitrogens is 3. The maximum Gasteiger partial charge on any atom is 0.159 e. The molecule has 1 atom stereocenters. The van der Waals surface area contributed by atoms with Crippen molar-refractivity contribution in [1.82, 2.24) is 20.5 Å². The second-order valence-corrected chi connectivity index (χ2v) is 5.38. The van der Waals surface area contributed by atoms with Crippen molar-refractivity contribution in [3.8, 4) is 9.88 Å². The van der Waals surface area contributed by atoms with E-state index in [-0.39, 0.29) is 6.04 Å². The fourth-order valence-corrected chi connectivity index (χ4v) is 2.82. The molecule has 1 N–H and O–H groups in total. The van der Waals surface area contributed by atoms with Gasteiger partial charge in [-0.1, -0.05) is 18.3 Å². The largest absolute Gasteiger partial charge is 0.308 e. The Labute approximate surface area is 103 Å². The van der Waals surface area contributed by atoms with Gasteiger partial charge in [0.25, 0.3) is 0 Å². The van der Waals surface area contributed by atoms with Crippen LogP contribution in [0.15, 0.2) is 11.7 Å². The van der Waals surface area contributed by atoms with Crippen molar-refractivity contribution in [3.05, 3.63) is 16.7 Å². The SMILES string of the molecule is CCCNC(C)c1nnc(-c2cncs2)s1. The molecule has 16 heavy (non-hydrogen) atoms. The van der Waals surface area contributed by atoms with Crippen LogP contribution < -0.4 is 5.32 Å². The number of hydrogen-bond donors (Lipinski definition) is 1. The third-order valence-electron chi connectivity index (χ3n) is 2.15. The van der Waals surface area contributed by atoms with Crippen LogP contribution in [0.4, 0.5) is 0 Å². The standard InChI is InChI=1S/C10H14N4S2/c1-3-4-12-7(2)9-13-14-10(16-9)8-5-11-6-15-8/h5-7,12H,3-4H2,1-2H3. The van der Waals surface area contributed by atoms with Crippen LogP contribution in [0.5, 0.6) is 0 Å². The summed E-state index contributed by atoms with van der Waals surface area (Å²) in [6.45, 7) is 5.28. The van der Waals surface area contributed by atoms with E-state index < -0.39 is 0 Å². The van der Waals surface area contributed by atoms with Crippen molar-refractivity contribution in [2.24, 2.45) is 0 Å². The van der Waals surface area contributed by atoms with Crippen LogP contribution in [0.3, 0.4) is 0 Å². The van der Waals surface area contributed by atoms with Crippen LogP contribution in [-0.2, 0) is 0 Å². The molecular weight excluding hydrogens is 240 g/mol. The van der Waals surface area contributed by atoms with Crippen LogP contribution in [0.1, 0.15) is 31.3 Å². The highest BCUT2D eigenvalue weighted by Crippen LogP contribution is 2.28. The molecule has 86 valence electrons. The Morgan fingerprint density at radius 3 is 3.00 bits per heavy atom. The first-order chi connectivity index (χ1) is 7.81. The van der Waals surface area contributed by atoms with Gasteiger partial charge in [0.1, 0.15) is 5.01 Å². The minimum atomic E-state index is 0.277. The van der Waals surface area contributed by atoms with E-state index in [0.29, 0.717) is 0 Å². The van der Waals surface area contributed by atoms with Crippen LogP contribution in [0.2, 0.25) is 0 Å². The van der Waals surface area contributed by atoms with Gasteiger partial charge in [-0.25, -0.2) is 0 Å². The van der Waals surface area contributed by atoms with E-state index in [2.05, 4.69) is 34.3 Å². The second-order valence-electron chi connectivity index (χ2n) is 3.49. The Bertz CT molecular complexity index is 424. The average Bonchev–Trinajstić information content (AvgIpc) is 2.94. The topological polar surface area (TPSA) is 50.7 Å². The zero-order chi connectivity index (χ0) is 11.4. The Balaban J connectivity index is 2.07. The summed E-state index contributed by atoms with van der Waals surface area (Å²) < 4.78 is 0. The molecule has 0 amide bonds. The maximum atomic E-state index is 4.21. The summed E-state index contributed by atoms with van der Waals surface area (Å²) in [5.74, 6) is 0. The van der Waals surface area contributed by atoms with Crippen molar-refractivity contribution < 1.29 is 0 Å². The van der Waals surface area contributed by atoms with Gasteiger partial charge in [-0.3, -0.25) is 4.98 Å². The van der Waals surface area contributed by atoms with E-state index in [0.717, 1.165) is 27.9 Å². The molecule has 2 rings (SSSR count). The van der Waals surface area contributed by atoms with Crippen LogP contribution in [-0.4, -0.2) is 21.7 Å². The summed E-state index contributed by atoms with van der Waals surface area (Å²) in [6.07, 6.45) is 2.96. The normalized spacial score (nSPS) is 12.9. The fraction of sp³-hybridized carbons (Fsp3) is 0.500. The van der Waals surface area contributed by atoms with Gasteiger partial charge in [0.2, 0.25) is 0 Å². The van der Waals surface area contributed by atoms with Gasteiger partial charge >= 0.3 is 0 Å². The number of nitrogens with zero attached hydrogens (tertiary/aromatic N) is 3. The predicted octanol–water partition coefficient (Wildman–Crippen LogP) is 2.72. The van der Waals surface area contributed by atoms with Crippen LogP contribution in [0.25, 0.3) is 9.88 Å². The third-order valence-corrected chi connectivity index (χ3v) is 4.20. The smallest absolute Gasteiger partial charge is 0.159 e. The van der Waals surface area contributed by atoms with Gasteiger partial charge in [-0.15, -0.1) is 21.5 Å². The number of hydrogen-bond acceptors (Lipinski definition) is 6. The predicted molar refractivity (Wildman–Crippen MR) is 67.7 cm³/mol. The molecule has 0 spiro atoms. The molecule has 2 aromatic rings. The second kappa shape index (κ2) is 5.47. The Hall–Kier alpha value is -0.850. The highest BCUT2D eigenvalue weighted by Gasteiger charge is 2.12. The lowest BCUT2D eigenvalue weighted by Gasteiger charge is -2.08. The fourth-order valence-electron chi connectivity index (χ4n) is 1.28. The first-order valence-electron chi connectivity index (χ1n) is 5.27. The van der Waals surface area contributed by atoms with E-state index in [1.54, 1.807) is 22.7 Å². The summed E-state index contributed by atoms with van der Waals surface area (Å²) in [5, 5.41) is 13.8. The molecular formula is C10H14N4S2. The summed E-state index contributed by atoms with van der Waals surface area (Å²) >= 11 is 3.23. The Kier molecular flexibility index (Phi) is 3.98. The van der Waals surface area contributed by atoms with Gasteiger partial charge in [0.15, 0.2) is 5.01 Å². The highest BCUT2D eigenvalue weighted by molar-refractivity contribution is 7.20. The molecule has 4 nitrogen and oxygen atoms in total. The molecule has 0 saturated heterocycles. The molecule has 1 unspecified atom stereocenters. The molecule has 0 bridgehead atoms. The lowest BCUT2D eigenvalue weighted by molar-refractivity contribution is 0.564. The quantitative estimate of drug-likeness (QED) is 0.891. The minimum absolute atomic E-state index is 0.277. The maximum absolute atomic E-state index is 4.21. The lowest BCUT2D eigenvalue weighted by atomic mass is 10.3. The van der Waals surface area contributed by atoms with E-state index in [4.69, 9.17) is 0 Å². The van der Waals surface area contributed by atoms with Gasteiger partial charge in [0, 0.05) is 6.20 Å². The van der Waals surface area contributed by atoms with E-state index in [1.807, 2.05) is 11.7 Å². The monoisotopic (exact) mass is 254 g/mol. The average molecular weight is 254 g/mol. The molecule has 0 aliphatic carbocycles. The Morgan fingerprint density at radius 1 is 1.44 bits per heavy atom. The number of thiazole rings is 1. The van der Waals surface area contributed by atoms with Crippen molar-refractivity contribution in [2.45, 2.75) is 26.3 Å². The van der Waals surface area contributed by atoms with Crippen molar-refractivity contribution >= 4 is 22.7 Å². The zero-order valence-corrected chi connectivity index (χ0v) is 10.9. The number of rotatable bonds is 5. The molecule has 0 aliphatic heterocycles. The Morgan fingerprint density at radius 2 is 2.31 bits per heavy atom. The van der Waals surface area contributed by atoms with Crippen molar-refractivity contribution in [1.29, 1.82) is 0 Å². The van der Waals surface area contributed by atoms with Crippen LogP contribution >= 0.6 is 22.7 Å². The minimum Gasteiger partial charge on any atom is -0.308 e. The zero-order valence-electron chi connectivity index (χ0n) is 9.30. The van der Waals surface area contributed by atoms with E-state index >= 15 is 0 Å². The molecule has 0 aromatic carbocycles. The first kappa shape index (κ1) is 11.6. The summed E-state index contributed by atoms with van der Waals surface area (Å²) in [5.41, 5.74) is 1.81. The summed E-state index contributed by atoms with van der Waals surface area (Å²) in [7, 11) is 0. The van der Waals surface area contributed by atoms with Crippen molar-refractivity contribution in [2.75, 3.05) is 6.54 Å². The lowest BCUT2D eigenvalue weighted by Crippen LogP contribution is -2.18. The van der Waals surface area contributed by atoms with Gasteiger partial charge < -0.3 is 5.32 Å². The molecule has 2 heterocycles.